The Balaban J connectivity index is 2.79. The summed E-state index contributed by atoms with van der Waals surface area (Å²) in [5, 5.41) is 19.7. The number of aliphatic hydroxyl groups excluding tert-OH is 1. The molecule has 1 aromatic heterocycles. The van der Waals surface area contributed by atoms with Gasteiger partial charge in [0.15, 0.2) is 0 Å². The van der Waals surface area contributed by atoms with E-state index in [0.717, 1.165) is 15.0 Å². The smallest absolute Gasteiger partial charge is 0.140 e. The van der Waals surface area contributed by atoms with Crippen LogP contribution >= 0.6 is 23.1 Å². The third-order valence-corrected chi connectivity index (χ3v) is 3.99. The molecule has 2 rings (SSSR count). The predicted molar refractivity (Wildman–Crippen MR) is 61.2 cm³/mol. The fourth-order valence-electron chi connectivity index (χ4n) is 1.43. The molecule has 0 aliphatic carbocycles. The van der Waals surface area contributed by atoms with E-state index in [2.05, 4.69) is 0 Å². The molecule has 2 nitrogen and oxygen atoms in total. The lowest BCUT2D eigenvalue weighted by Crippen LogP contribution is -1.75. The Morgan fingerprint density at radius 2 is 2.21 bits per heavy atom. The second-order valence-corrected chi connectivity index (χ2v) is 4.85. The third-order valence-electron chi connectivity index (χ3n) is 2.09. The van der Waals surface area contributed by atoms with Crippen LogP contribution in [0.2, 0.25) is 0 Å². The Morgan fingerprint density at radius 1 is 1.43 bits per heavy atom. The van der Waals surface area contributed by atoms with Crippen molar-refractivity contribution < 1.29 is 10.2 Å². The summed E-state index contributed by atoms with van der Waals surface area (Å²) < 4.78 is 1.03. The van der Waals surface area contributed by atoms with Crippen molar-refractivity contribution >= 4 is 33.2 Å². The summed E-state index contributed by atoms with van der Waals surface area (Å²) in [7, 11) is 0. The van der Waals surface area contributed by atoms with E-state index in [1.807, 2.05) is 24.5 Å². The Labute approximate surface area is 90.2 Å². The van der Waals surface area contributed by atoms with Crippen LogP contribution in [-0.2, 0) is 6.61 Å². The molecule has 74 valence electrons. The monoisotopic (exact) mass is 226 g/mol. The van der Waals surface area contributed by atoms with Crippen LogP contribution in [0.25, 0.3) is 10.1 Å². The van der Waals surface area contributed by atoms with Crippen LogP contribution in [0.3, 0.4) is 0 Å². The molecule has 2 aromatic rings. The van der Waals surface area contributed by atoms with E-state index in [-0.39, 0.29) is 12.4 Å². The number of rotatable bonds is 2. The van der Waals surface area contributed by atoms with Crippen LogP contribution in [0.1, 0.15) is 4.88 Å². The number of thioether (sulfide) groups is 1. The van der Waals surface area contributed by atoms with Gasteiger partial charge in [-0.2, -0.15) is 0 Å². The molecule has 0 fully saturated rings. The topological polar surface area (TPSA) is 40.5 Å². The van der Waals surface area contributed by atoms with Gasteiger partial charge in [0.05, 0.1) is 11.5 Å². The predicted octanol–water partition coefficient (Wildman–Crippen LogP) is 2.82. The maximum atomic E-state index is 9.84. The van der Waals surface area contributed by atoms with Gasteiger partial charge in [0.2, 0.25) is 0 Å². The molecule has 0 aliphatic rings. The maximum Gasteiger partial charge on any atom is 0.140 e. The maximum absolute atomic E-state index is 9.84. The molecule has 0 bridgehead atoms. The first-order valence-corrected chi connectivity index (χ1v) is 6.20. The highest BCUT2D eigenvalue weighted by molar-refractivity contribution is 7.98. The summed E-state index contributed by atoms with van der Waals surface area (Å²) in [6, 6.07) is 5.89. The number of hydrogen-bond donors (Lipinski definition) is 2. The lowest BCUT2D eigenvalue weighted by atomic mass is 10.2. The minimum absolute atomic E-state index is 0.0982. The van der Waals surface area contributed by atoms with E-state index in [9.17, 15) is 5.11 Å². The Hall–Kier alpha value is -0.710. The van der Waals surface area contributed by atoms with Crippen molar-refractivity contribution in [1.29, 1.82) is 0 Å². The van der Waals surface area contributed by atoms with Crippen molar-refractivity contribution in [3.8, 4) is 5.75 Å². The summed E-state index contributed by atoms with van der Waals surface area (Å²) in [6.07, 6.45) is 1.98. The minimum atomic E-state index is -0.0982. The molecule has 0 amide bonds. The van der Waals surface area contributed by atoms with Crippen LogP contribution < -0.4 is 0 Å². The van der Waals surface area contributed by atoms with Gasteiger partial charge in [0.25, 0.3) is 0 Å². The first-order valence-electron chi connectivity index (χ1n) is 4.16. The highest BCUT2D eigenvalue weighted by Crippen LogP contribution is 2.41. The number of fused-ring (bicyclic) bond motifs is 1. The van der Waals surface area contributed by atoms with Crippen LogP contribution in [0, 0.1) is 0 Å². The fraction of sp³-hybridized carbons (Fsp3) is 0.200. The summed E-state index contributed by atoms with van der Waals surface area (Å²) >= 11 is 3.04. The van der Waals surface area contributed by atoms with Gasteiger partial charge >= 0.3 is 0 Å². The highest BCUT2D eigenvalue weighted by atomic mass is 32.2. The molecule has 0 atom stereocenters. The molecule has 0 unspecified atom stereocenters. The zero-order valence-corrected chi connectivity index (χ0v) is 9.28. The Morgan fingerprint density at radius 3 is 2.86 bits per heavy atom. The van der Waals surface area contributed by atoms with Gasteiger partial charge in [-0.1, -0.05) is 6.07 Å². The van der Waals surface area contributed by atoms with Crippen molar-refractivity contribution in [1.82, 2.24) is 0 Å². The average molecular weight is 226 g/mol. The van der Waals surface area contributed by atoms with Gasteiger partial charge in [0.1, 0.15) is 5.75 Å². The van der Waals surface area contributed by atoms with Gasteiger partial charge in [0, 0.05) is 15.0 Å². The number of aromatic hydroxyl groups is 1. The molecule has 0 radical (unpaired) electrons. The lowest BCUT2D eigenvalue weighted by Gasteiger charge is -1.98. The molecule has 1 heterocycles. The first-order chi connectivity index (χ1) is 6.77. The van der Waals surface area contributed by atoms with Gasteiger partial charge in [-0.05, 0) is 18.4 Å². The average Bonchev–Trinajstić information content (AvgIpc) is 2.55. The standard InChI is InChI=1S/C10H10O2S2/c1-13-6-3-2-4-7-9(6)10(12)8(5-11)14-7/h2-4,11-12H,5H2,1H3. The Bertz CT molecular complexity index is 462. The van der Waals surface area contributed by atoms with E-state index in [0.29, 0.717) is 4.88 Å². The molecule has 0 aliphatic heterocycles. The number of hydrogen-bond acceptors (Lipinski definition) is 4. The van der Waals surface area contributed by atoms with Crippen molar-refractivity contribution in [2.45, 2.75) is 11.5 Å². The molecular weight excluding hydrogens is 216 g/mol. The van der Waals surface area contributed by atoms with Gasteiger partial charge in [-0.15, -0.1) is 23.1 Å². The molecular formula is C10H10O2S2. The van der Waals surface area contributed by atoms with Crippen LogP contribution in [0.15, 0.2) is 23.1 Å². The van der Waals surface area contributed by atoms with Gasteiger partial charge in [-0.25, -0.2) is 0 Å². The normalized spacial score (nSPS) is 11.0. The molecule has 1 aromatic carbocycles. The van der Waals surface area contributed by atoms with E-state index in [4.69, 9.17) is 5.11 Å². The highest BCUT2D eigenvalue weighted by Gasteiger charge is 2.12. The van der Waals surface area contributed by atoms with E-state index < -0.39 is 0 Å². The number of benzene rings is 1. The zero-order chi connectivity index (χ0) is 10.1. The van der Waals surface area contributed by atoms with Crippen molar-refractivity contribution in [2.75, 3.05) is 6.26 Å². The first kappa shape index (κ1) is 9.83. The summed E-state index contributed by atoms with van der Waals surface area (Å²) in [5.74, 6) is 0.234. The van der Waals surface area contributed by atoms with Gasteiger partial charge < -0.3 is 10.2 Å². The fourth-order valence-corrected chi connectivity index (χ4v) is 3.10. The third kappa shape index (κ3) is 1.39. The molecule has 0 spiro atoms. The number of aliphatic hydroxyl groups is 1. The Kier molecular flexibility index (Phi) is 2.67. The van der Waals surface area contributed by atoms with E-state index in [1.54, 1.807) is 11.8 Å². The number of thiophene rings is 1. The molecule has 4 heteroatoms. The quantitative estimate of drug-likeness (QED) is 0.774. The van der Waals surface area contributed by atoms with Crippen molar-refractivity contribution in [2.24, 2.45) is 0 Å². The summed E-state index contributed by atoms with van der Waals surface area (Å²) in [6.45, 7) is -0.0982. The minimum Gasteiger partial charge on any atom is -0.506 e. The van der Waals surface area contributed by atoms with Crippen molar-refractivity contribution in [3.63, 3.8) is 0 Å². The van der Waals surface area contributed by atoms with E-state index >= 15 is 0 Å². The zero-order valence-electron chi connectivity index (χ0n) is 7.65. The second-order valence-electron chi connectivity index (χ2n) is 2.87. The second kappa shape index (κ2) is 3.81. The SMILES string of the molecule is CSc1cccc2sc(CO)c(O)c12. The lowest BCUT2D eigenvalue weighted by molar-refractivity contribution is 0.280. The molecule has 14 heavy (non-hydrogen) atoms. The van der Waals surface area contributed by atoms with E-state index in [1.165, 1.54) is 11.3 Å². The summed E-state index contributed by atoms with van der Waals surface area (Å²) in [4.78, 5) is 1.69. The summed E-state index contributed by atoms with van der Waals surface area (Å²) in [5.41, 5.74) is 0. The van der Waals surface area contributed by atoms with Crippen LogP contribution in [0.4, 0.5) is 0 Å². The largest absolute Gasteiger partial charge is 0.506 e. The molecule has 0 saturated heterocycles. The van der Waals surface area contributed by atoms with Crippen molar-refractivity contribution in [3.05, 3.63) is 23.1 Å². The van der Waals surface area contributed by atoms with Gasteiger partial charge in [-0.3, -0.25) is 0 Å². The van der Waals surface area contributed by atoms with Crippen LogP contribution in [-0.4, -0.2) is 16.5 Å². The molecule has 2 N–H and O–H groups in total. The molecule has 0 saturated carbocycles. The van der Waals surface area contributed by atoms with Crippen LogP contribution in [0.5, 0.6) is 5.75 Å².